The lowest BCUT2D eigenvalue weighted by Crippen LogP contribution is -2.37. The molecule has 0 spiro atoms. The van der Waals surface area contributed by atoms with Crippen LogP contribution in [0.5, 0.6) is 5.75 Å². The zero-order valence-electron chi connectivity index (χ0n) is 20.2. The molecular weight excluding hydrogens is 434 g/mol. The summed E-state index contributed by atoms with van der Waals surface area (Å²) >= 11 is 0. The first-order valence-electron chi connectivity index (χ1n) is 11.6. The van der Waals surface area contributed by atoms with Crippen molar-refractivity contribution in [3.8, 4) is 5.75 Å². The van der Waals surface area contributed by atoms with Gasteiger partial charge in [-0.25, -0.2) is 4.79 Å². The number of fused-ring (bicyclic) bond motifs is 1. The molecule has 0 radical (unpaired) electrons. The molecule has 9 heteroatoms. The highest BCUT2D eigenvalue weighted by molar-refractivity contribution is 5.89. The van der Waals surface area contributed by atoms with Crippen LogP contribution in [0.2, 0.25) is 0 Å². The molecule has 0 saturated carbocycles. The summed E-state index contributed by atoms with van der Waals surface area (Å²) in [5, 5.41) is 9.05. The molecular formula is C25H31N5O4. The van der Waals surface area contributed by atoms with Crippen LogP contribution < -0.4 is 4.74 Å². The van der Waals surface area contributed by atoms with Gasteiger partial charge in [-0.1, -0.05) is 12.1 Å². The van der Waals surface area contributed by atoms with E-state index in [9.17, 15) is 9.59 Å². The van der Waals surface area contributed by atoms with E-state index in [-0.39, 0.29) is 12.5 Å². The van der Waals surface area contributed by atoms with E-state index >= 15 is 0 Å². The van der Waals surface area contributed by atoms with E-state index in [1.165, 1.54) is 0 Å². The quantitative estimate of drug-likeness (QED) is 0.475. The Morgan fingerprint density at radius 3 is 2.50 bits per heavy atom. The monoisotopic (exact) mass is 465 g/mol. The van der Waals surface area contributed by atoms with Crippen molar-refractivity contribution >= 4 is 11.9 Å². The largest absolute Gasteiger partial charge is 0.497 e. The summed E-state index contributed by atoms with van der Waals surface area (Å²) in [4.78, 5) is 27.5. The van der Waals surface area contributed by atoms with Gasteiger partial charge in [-0.05, 0) is 44.5 Å². The Bertz CT molecular complexity index is 1180. The number of nitrogens with zero attached hydrogens (tertiary/aromatic N) is 5. The summed E-state index contributed by atoms with van der Waals surface area (Å²) in [6.07, 6.45) is 0.982. The molecule has 34 heavy (non-hydrogen) atoms. The van der Waals surface area contributed by atoms with E-state index in [1.54, 1.807) is 18.9 Å². The number of rotatable bonds is 8. The number of methoxy groups -OCH3 is 1. The molecule has 0 saturated heterocycles. The molecule has 1 amide bonds. The predicted octanol–water partition coefficient (Wildman–Crippen LogP) is 2.91. The van der Waals surface area contributed by atoms with Gasteiger partial charge in [-0.15, -0.1) is 0 Å². The van der Waals surface area contributed by atoms with Crippen molar-refractivity contribution in [2.75, 3.05) is 20.3 Å². The van der Waals surface area contributed by atoms with Crippen LogP contribution in [0, 0.1) is 13.8 Å². The van der Waals surface area contributed by atoms with Crippen molar-refractivity contribution in [2.45, 2.75) is 53.2 Å². The number of carbonyl (C=O) groups is 2. The second kappa shape index (κ2) is 10.1. The fourth-order valence-corrected chi connectivity index (χ4v) is 4.36. The number of amides is 1. The smallest absolute Gasteiger partial charge is 0.359 e. The van der Waals surface area contributed by atoms with Gasteiger partial charge in [0.05, 0.1) is 26.0 Å². The van der Waals surface area contributed by atoms with Crippen LogP contribution in [-0.4, -0.2) is 56.6 Å². The summed E-state index contributed by atoms with van der Waals surface area (Å²) in [5.74, 6) is 0.369. The Morgan fingerprint density at radius 1 is 1.09 bits per heavy atom. The van der Waals surface area contributed by atoms with Gasteiger partial charge in [0.2, 0.25) is 5.91 Å². The van der Waals surface area contributed by atoms with Gasteiger partial charge < -0.3 is 14.4 Å². The van der Waals surface area contributed by atoms with Gasteiger partial charge in [0.25, 0.3) is 0 Å². The Morgan fingerprint density at radius 2 is 1.85 bits per heavy atom. The molecule has 0 atom stereocenters. The first-order chi connectivity index (χ1) is 16.4. The molecule has 0 unspecified atom stereocenters. The second-order valence-electron chi connectivity index (χ2n) is 8.47. The van der Waals surface area contributed by atoms with Crippen LogP contribution in [0.25, 0.3) is 0 Å². The standard InChI is InChI=1S/C25H31N5O4/c1-5-34-25(32)24-21-16-28(23(31)11-13-29-18(3)14-17(2)26-29)12-10-22(21)30(27-24)15-19-6-8-20(33-4)9-7-19/h6-9,14H,5,10-13,15-16H2,1-4H3. The Kier molecular flexibility index (Phi) is 7.00. The van der Waals surface area contributed by atoms with Gasteiger partial charge in [0.1, 0.15) is 5.75 Å². The van der Waals surface area contributed by atoms with Crippen molar-refractivity contribution in [1.29, 1.82) is 0 Å². The van der Waals surface area contributed by atoms with E-state index in [0.717, 1.165) is 34.0 Å². The maximum Gasteiger partial charge on any atom is 0.359 e. The van der Waals surface area contributed by atoms with Gasteiger partial charge in [-0.3, -0.25) is 14.2 Å². The normalized spacial score (nSPS) is 13.0. The van der Waals surface area contributed by atoms with Crippen LogP contribution >= 0.6 is 0 Å². The maximum absolute atomic E-state index is 13.0. The van der Waals surface area contributed by atoms with Gasteiger partial charge in [0, 0.05) is 49.4 Å². The third-order valence-electron chi connectivity index (χ3n) is 6.09. The van der Waals surface area contributed by atoms with Gasteiger partial charge >= 0.3 is 5.97 Å². The number of benzene rings is 1. The van der Waals surface area contributed by atoms with E-state index in [4.69, 9.17) is 9.47 Å². The van der Waals surface area contributed by atoms with Gasteiger partial charge in [0.15, 0.2) is 5.69 Å². The molecule has 3 aromatic rings. The molecule has 3 heterocycles. The number of hydrogen-bond donors (Lipinski definition) is 0. The third-order valence-corrected chi connectivity index (χ3v) is 6.09. The molecule has 0 N–H and O–H groups in total. The first kappa shape index (κ1) is 23.5. The summed E-state index contributed by atoms with van der Waals surface area (Å²) in [7, 11) is 1.63. The summed E-state index contributed by atoms with van der Waals surface area (Å²) < 4.78 is 14.2. The summed E-state index contributed by atoms with van der Waals surface area (Å²) in [5.41, 5.74) is 5.07. The molecule has 2 aromatic heterocycles. The van der Waals surface area contributed by atoms with Crippen molar-refractivity contribution in [3.63, 3.8) is 0 Å². The Hall–Kier alpha value is -3.62. The molecule has 1 aliphatic heterocycles. The zero-order valence-corrected chi connectivity index (χ0v) is 20.2. The number of esters is 1. The van der Waals surface area contributed by atoms with Crippen LogP contribution in [0.4, 0.5) is 0 Å². The lowest BCUT2D eigenvalue weighted by Gasteiger charge is -2.28. The van der Waals surface area contributed by atoms with Crippen molar-refractivity contribution in [2.24, 2.45) is 0 Å². The second-order valence-corrected chi connectivity index (χ2v) is 8.47. The van der Waals surface area contributed by atoms with E-state index < -0.39 is 5.97 Å². The van der Waals surface area contributed by atoms with Crippen molar-refractivity contribution < 1.29 is 19.1 Å². The van der Waals surface area contributed by atoms with Crippen LogP contribution in [0.15, 0.2) is 30.3 Å². The molecule has 0 bridgehead atoms. The van der Waals surface area contributed by atoms with Crippen LogP contribution in [-0.2, 0) is 35.6 Å². The highest BCUT2D eigenvalue weighted by atomic mass is 16.5. The fraction of sp³-hybridized carbons (Fsp3) is 0.440. The summed E-state index contributed by atoms with van der Waals surface area (Å²) in [6.45, 7) is 7.96. The lowest BCUT2D eigenvalue weighted by molar-refractivity contribution is -0.132. The third kappa shape index (κ3) is 4.98. The average Bonchev–Trinajstić information content (AvgIpc) is 3.36. The molecule has 1 aromatic carbocycles. The minimum atomic E-state index is -0.454. The SMILES string of the molecule is CCOC(=O)c1nn(Cc2ccc(OC)cc2)c2c1CN(C(=O)CCn1nc(C)cc1C)CC2. The predicted molar refractivity (Wildman–Crippen MR) is 126 cm³/mol. The van der Waals surface area contributed by atoms with Crippen LogP contribution in [0.1, 0.15) is 52.0 Å². The van der Waals surface area contributed by atoms with Crippen molar-refractivity contribution in [1.82, 2.24) is 24.5 Å². The van der Waals surface area contributed by atoms with E-state index in [2.05, 4.69) is 10.2 Å². The Labute approximate surface area is 199 Å². The number of hydrogen-bond acceptors (Lipinski definition) is 6. The number of aryl methyl sites for hydroxylation is 3. The highest BCUT2D eigenvalue weighted by Crippen LogP contribution is 2.25. The topological polar surface area (TPSA) is 91.5 Å². The maximum atomic E-state index is 13.0. The Balaban J connectivity index is 1.53. The molecule has 1 aliphatic rings. The number of carbonyl (C=O) groups excluding carboxylic acids is 2. The fourth-order valence-electron chi connectivity index (χ4n) is 4.36. The average molecular weight is 466 g/mol. The highest BCUT2D eigenvalue weighted by Gasteiger charge is 2.30. The molecule has 9 nitrogen and oxygen atoms in total. The van der Waals surface area contributed by atoms with E-state index in [1.807, 2.05) is 53.5 Å². The van der Waals surface area contributed by atoms with E-state index in [0.29, 0.717) is 44.7 Å². The minimum absolute atomic E-state index is 0.0379. The number of ether oxygens (including phenoxy) is 2. The summed E-state index contributed by atoms with van der Waals surface area (Å²) in [6, 6.07) is 9.77. The molecule has 4 rings (SSSR count). The zero-order chi connectivity index (χ0) is 24.2. The first-order valence-corrected chi connectivity index (χ1v) is 11.6. The number of aromatic nitrogens is 4. The molecule has 180 valence electrons. The van der Waals surface area contributed by atoms with Gasteiger partial charge in [-0.2, -0.15) is 10.2 Å². The minimum Gasteiger partial charge on any atom is -0.497 e. The molecule has 0 fully saturated rings. The van der Waals surface area contributed by atoms with Crippen molar-refractivity contribution in [3.05, 3.63) is 64.2 Å². The lowest BCUT2D eigenvalue weighted by atomic mass is 10.0. The molecule has 0 aliphatic carbocycles. The van der Waals surface area contributed by atoms with Crippen LogP contribution in [0.3, 0.4) is 0 Å².